The molecule has 29 nitrogen and oxygen atoms in total. The van der Waals surface area contributed by atoms with Gasteiger partial charge in [-0.3, -0.25) is 29.0 Å². The second-order valence-electron chi connectivity index (χ2n) is 30.9. The predicted molar refractivity (Wildman–Crippen MR) is 408 cm³/mol. The number of aliphatic hydroxyl groups is 2. The number of fused-ring (bicyclic) bond motifs is 7. The van der Waals surface area contributed by atoms with Crippen molar-refractivity contribution in [2.45, 2.75) is 175 Å². The first-order valence-electron chi connectivity index (χ1n) is 38.6. The van der Waals surface area contributed by atoms with Gasteiger partial charge in [0.25, 0.3) is 5.91 Å². The van der Waals surface area contributed by atoms with Gasteiger partial charge in [0.15, 0.2) is 19.5 Å². The highest BCUT2D eigenvalue weighted by atomic mass is 28.4. The van der Waals surface area contributed by atoms with Crippen LogP contribution in [0.4, 0.5) is 17.3 Å². The van der Waals surface area contributed by atoms with Gasteiger partial charge in [0.2, 0.25) is 29.2 Å². The molecule has 3 saturated heterocycles. The molecule has 2 unspecified atom stereocenters. The molecule has 6 aromatic rings. The summed E-state index contributed by atoms with van der Waals surface area (Å²) in [4.78, 5) is 109. The molecule has 1 aliphatic carbocycles. The molecule has 4 fully saturated rings. The Labute approximate surface area is 635 Å². The molecular weight excluding hydrogens is 1420 g/mol. The number of carboxylic acids is 1. The van der Waals surface area contributed by atoms with Gasteiger partial charge in [0.05, 0.1) is 83.9 Å². The molecule has 30 heteroatoms. The zero-order valence-corrected chi connectivity index (χ0v) is 64.3. The van der Waals surface area contributed by atoms with E-state index in [0.717, 1.165) is 70.8 Å². The van der Waals surface area contributed by atoms with Gasteiger partial charge >= 0.3 is 17.9 Å². The highest BCUT2D eigenvalue weighted by Crippen LogP contribution is 2.69. The number of amides is 3. The topological polar surface area (TPSA) is 390 Å². The third-order valence-corrected chi connectivity index (χ3v) is 29.1. The lowest BCUT2D eigenvalue weighted by Gasteiger charge is -2.65. The minimum absolute atomic E-state index is 0.0950. The van der Waals surface area contributed by atoms with Crippen molar-refractivity contribution >= 4 is 83.3 Å². The van der Waals surface area contributed by atoms with Gasteiger partial charge in [0.1, 0.15) is 17.2 Å². The van der Waals surface area contributed by atoms with E-state index in [9.17, 15) is 39.6 Å². The molecule has 7 aliphatic rings. The Balaban J connectivity index is 0.610. The molecular formula is C79H105N13O16Si. The lowest BCUT2D eigenvalue weighted by atomic mass is 9.47. The van der Waals surface area contributed by atoms with Gasteiger partial charge in [-0.1, -0.05) is 69.9 Å². The molecule has 13 rings (SSSR count). The van der Waals surface area contributed by atoms with Crippen LogP contribution in [-0.4, -0.2) is 235 Å². The molecule has 0 radical (unpaired) electrons. The van der Waals surface area contributed by atoms with E-state index < -0.39 is 89.6 Å². The van der Waals surface area contributed by atoms with Gasteiger partial charge < -0.3 is 85.4 Å². The number of hydrogen-bond donors (Lipinski definition) is 10. The van der Waals surface area contributed by atoms with Crippen LogP contribution in [0.15, 0.2) is 79.0 Å². The Bertz CT molecular complexity index is 4390. The molecule has 9 heterocycles. The quantitative estimate of drug-likeness (QED) is 0.00986. The van der Waals surface area contributed by atoms with Crippen LogP contribution in [0.2, 0.25) is 18.1 Å². The third-order valence-electron chi connectivity index (χ3n) is 24.6. The van der Waals surface area contributed by atoms with E-state index in [2.05, 4.69) is 98.2 Å². The molecule has 11 atom stereocenters. The van der Waals surface area contributed by atoms with Gasteiger partial charge in [-0.25, -0.2) is 19.6 Å². The lowest BCUT2D eigenvalue weighted by Crippen LogP contribution is -2.82. The number of ether oxygens (including phenoxy) is 5. The highest BCUT2D eigenvalue weighted by molar-refractivity contribution is 6.74. The van der Waals surface area contributed by atoms with Crippen LogP contribution in [0.1, 0.15) is 136 Å². The molecule has 1 saturated carbocycles. The van der Waals surface area contributed by atoms with E-state index in [1.165, 1.54) is 32.5 Å². The SMILES string of the molecule is CC[C@]1(O)C[C@@H]2CN(CCc3c([nH]c4ccccc34)[C@@](C(=O)OC)(c3cc4c(cc3OC)N(C)[C@H]3[C@@](O)(C(=O)OC)[C@H](O[Si]5(CCCCC(=O)NCCOCCOCCNC(=O)CC[C@H](NC(=O)c6ccc(NCc7cnc8nc(N)nc(O)c8n7)cc6)C(=O)O)CCCCC5)[C@]5(CC)C=CCN6CC[C@]43C65)C2)C1. The number of benzene rings is 3. The number of nitrogens with zero attached hydrogens (tertiary/aromatic N) is 7. The maximum Gasteiger partial charge on any atom is 0.342 e. The van der Waals surface area contributed by atoms with Crippen LogP contribution < -0.4 is 36.6 Å². The van der Waals surface area contributed by atoms with Crippen LogP contribution in [0, 0.1) is 11.3 Å². The smallest absolute Gasteiger partial charge is 0.342 e. The van der Waals surface area contributed by atoms with Crippen LogP contribution in [0.25, 0.3) is 22.1 Å². The Morgan fingerprint density at radius 1 is 0.826 bits per heavy atom. The number of hydrogen-bond acceptors (Lipinski definition) is 24. The number of carbonyl (C=O) groups is 6. The summed E-state index contributed by atoms with van der Waals surface area (Å²) in [5.74, 6) is -3.83. The van der Waals surface area contributed by atoms with Crippen LogP contribution in [0.3, 0.4) is 0 Å². The van der Waals surface area contributed by atoms with E-state index in [1.54, 1.807) is 19.2 Å². The minimum Gasteiger partial charge on any atom is -0.496 e. The zero-order valence-electron chi connectivity index (χ0n) is 63.3. The number of H-pyrrole nitrogens is 1. The fraction of sp³-hybridized carbons (Fsp3) is 0.570. The predicted octanol–water partition coefficient (Wildman–Crippen LogP) is 6.31. The Hall–Kier alpha value is -8.88. The van der Waals surface area contributed by atoms with E-state index in [1.807, 2.05) is 32.2 Å². The van der Waals surface area contributed by atoms with Crippen molar-refractivity contribution in [2.24, 2.45) is 11.3 Å². The number of aromatic amines is 1. The van der Waals surface area contributed by atoms with Crippen molar-refractivity contribution in [1.29, 1.82) is 0 Å². The number of aromatic nitrogens is 5. The summed E-state index contributed by atoms with van der Waals surface area (Å²) >= 11 is 0. The summed E-state index contributed by atoms with van der Waals surface area (Å²) in [7, 11) is 3.57. The lowest BCUT2D eigenvalue weighted by molar-refractivity contribution is -0.214. The Kier molecular flexibility index (Phi) is 23.4. The van der Waals surface area contributed by atoms with Crippen molar-refractivity contribution in [1.82, 2.24) is 50.7 Å². The third kappa shape index (κ3) is 14.9. The number of piperidine rings is 1. The first-order valence-corrected chi connectivity index (χ1v) is 41.1. The molecule has 11 N–H and O–H groups in total. The second kappa shape index (κ2) is 32.6. The average molecular weight is 1520 g/mol. The first-order chi connectivity index (χ1) is 52.5. The number of rotatable bonds is 31. The van der Waals surface area contributed by atoms with Gasteiger partial charge in [0, 0.05) is 121 Å². The minimum atomic E-state index is -2.82. The monoisotopic (exact) mass is 1520 g/mol. The summed E-state index contributed by atoms with van der Waals surface area (Å²) in [5.41, 5.74) is 5.65. The number of nitrogens with one attached hydrogen (secondary N) is 5. The normalized spacial score (nSPS) is 26.9. The summed E-state index contributed by atoms with van der Waals surface area (Å²) in [5, 5.41) is 59.0. The number of para-hydroxylation sites is 1. The average Bonchev–Trinajstić information content (AvgIpc) is 1.49. The van der Waals surface area contributed by atoms with Crippen molar-refractivity contribution < 1.29 is 77.3 Å². The number of aliphatic carboxylic acids is 1. The van der Waals surface area contributed by atoms with Crippen molar-refractivity contribution in [3.05, 3.63) is 113 Å². The molecule has 3 aromatic carbocycles. The Morgan fingerprint density at radius 3 is 2.27 bits per heavy atom. The van der Waals surface area contributed by atoms with Gasteiger partial charge in [-0.15, -0.1) is 0 Å². The van der Waals surface area contributed by atoms with Crippen molar-refractivity contribution in [3.63, 3.8) is 0 Å². The van der Waals surface area contributed by atoms with Crippen LogP contribution >= 0.6 is 0 Å². The number of likely N-dealkylation sites (N-methyl/N-ethyl adjacent to an activating group) is 1. The van der Waals surface area contributed by atoms with E-state index in [-0.39, 0.29) is 92.9 Å². The number of nitrogen functional groups attached to an aromatic ring is 1. The summed E-state index contributed by atoms with van der Waals surface area (Å²) < 4.78 is 37.9. The highest BCUT2D eigenvalue weighted by Gasteiger charge is 2.80. The van der Waals surface area contributed by atoms with E-state index in [4.69, 9.17) is 33.8 Å². The largest absolute Gasteiger partial charge is 0.496 e. The fourth-order valence-corrected chi connectivity index (χ4v) is 24.4. The molecule has 586 valence electrons. The maximum absolute atomic E-state index is 15.8. The van der Waals surface area contributed by atoms with Gasteiger partial charge in [-0.05, 0) is 129 Å². The standard InChI is InChI=1S/C79H105N13O16Si/c1-7-75(101)43-49-44-78(72(99)104-5,64-54(26-32-91(47-49)48-75)53-17-10-11-18-57(53)86-64)56-41-55-59(42-60(56)103-4)90(3)70-77(55)28-33-92-31-16-27-76(8-2,69(77)92)71(79(70,102)73(100)105-6)108-109(38-13-9-14-39-109)40-15-12-19-61(93)81-29-34-106-36-37-107-35-30-82-62(94)25-24-58(68(97)98)87-66(95)50-20-22-51(23-21-50)83-45-52-46-84-65-63(85-52)67(96)89-74(80)88-65/h10-11,16-18,20-23,27,41-42,46,49,58,69-71,83,86,101-102H,7-9,12-15,19,24-26,28-40,43-45,47-48H2,1-6H3,(H,81,93)(H,82,94)(H,87,95)(H,97,98)(H3,80,84,88,89,96)/t49-,58-,69?,70+,71+,75-,76+,77+,78-,79-/m0/s1. The number of nitrogens with two attached hydrogens (primary N) is 1. The number of carboxylic acid groups (broad SMARTS) is 1. The number of anilines is 3. The van der Waals surface area contributed by atoms with E-state index >= 15 is 9.59 Å². The Morgan fingerprint density at radius 2 is 1.56 bits per heavy atom. The van der Waals surface area contributed by atoms with Crippen molar-refractivity contribution in [3.8, 4) is 11.6 Å². The molecule has 2 bridgehead atoms. The number of esters is 2. The fourth-order valence-electron chi connectivity index (χ4n) is 19.7. The second-order valence-corrected chi connectivity index (χ2v) is 35.0. The number of unbranched alkanes of at least 4 members (excludes halogenated alkanes) is 1. The first kappa shape index (κ1) is 78.2. The summed E-state index contributed by atoms with van der Waals surface area (Å²) in [6.07, 6.45) is 12.3. The maximum atomic E-state index is 15.8. The summed E-state index contributed by atoms with van der Waals surface area (Å²) in [6.45, 7) is 8.99. The van der Waals surface area contributed by atoms with Gasteiger partial charge in [-0.2, -0.15) is 9.97 Å². The molecule has 109 heavy (non-hydrogen) atoms. The molecule has 3 aromatic heterocycles. The number of methoxy groups -OCH3 is 3. The number of aromatic hydroxyl groups is 1. The van der Waals surface area contributed by atoms with Crippen LogP contribution in [0.5, 0.6) is 11.6 Å². The summed E-state index contributed by atoms with van der Waals surface area (Å²) in [6, 6.07) is 18.6. The van der Waals surface area contributed by atoms with E-state index in [0.29, 0.717) is 120 Å². The van der Waals surface area contributed by atoms with Crippen LogP contribution in [-0.2, 0) is 71.1 Å². The number of carbonyl (C=O) groups excluding carboxylic acids is 5. The van der Waals surface area contributed by atoms with Crippen molar-refractivity contribution in [2.75, 3.05) is 117 Å². The molecule has 6 aliphatic heterocycles. The molecule has 3 amide bonds. The zero-order chi connectivity index (χ0) is 77.0. The molecule has 1 spiro atoms.